The third-order valence-electron chi connectivity index (χ3n) is 6.45. The zero-order chi connectivity index (χ0) is 27.3. The highest BCUT2D eigenvalue weighted by atomic mass is 19.4. The topological polar surface area (TPSA) is 55.0 Å². The fraction of sp³-hybridized carbons (Fsp3) is 0.370. The largest absolute Gasteiger partial charge is 0.573 e. The molecule has 38 heavy (non-hydrogen) atoms. The fourth-order valence-corrected chi connectivity index (χ4v) is 4.58. The number of aromatic nitrogens is 2. The smallest absolute Gasteiger partial charge is 0.406 e. The lowest BCUT2D eigenvalue weighted by molar-refractivity contribution is -0.274. The summed E-state index contributed by atoms with van der Waals surface area (Å²) >= 11 is 0. The van der Waals surface area contributed by atoms with Gasteiger partial charge in [0.25, 0.3) is 0 Å². The number of alkyl halides is 3. The van der Waals surface area contributed by atoms with Crippen LogP contribution in [0.1, 0.15) is 37.4 Å². The van der Waals surface area contributed by atoms with E-state index in [0.717, 1.165) is 25.0 Å². The molecule has 0 aliphatic carbocycles. The van der Waals surface area contributed by atoms with Crippen molar-refractivity contribution < 1.29 is 27.1 Å². The van der Waals surface area contributed by atoms with Gasteiger partial charge in [-0.3, -0.25) is 9.69 Å². The molecule has 1 aliphatic heterocycles. The van der Waals surface area contributed by atoms with Gasteiger partial charge in [0.1, 0.15) is 11.6 Å². The first-order valence-corrected chi connectivity index (χ1v) is 12.2. The Morgan fingerprint density at radius 2 is 2.00 bits per heavy atom. The van der Waals surface area contributed by atoms with Crippen LogP contribution in [0.4, 0.5) is 28.9 Å². The number of piperazine rings is 1. The quantitative estimate of drug-likeness (QED) is 0.255. The van der Waals surface area contributed by atoms with Crippen molar-refractivity contribution in [3.8, 4) is 5.75 Å². The van der Waals surface area contributed by atoms with Crippen LogP contribution in [0.3, 0.4) is 0 Å². The first-order chi connectivity index (χ1) is 18.2. The first kappa shape index (κ1) is 27.1. The predicted molar refractivity (Wildman–Crippen MR) is 133 cm³/mol. The van der Waals surface area contributed by atoms with E-state index >= 15 is 0 Å². The molecule has 2 aromatic carbocycles. The maximum Gasteiger partial charge on any atom is 0.573 e. The molecule has 200 valence electrons. The highest BCUT2D eigenvalue weighted by Gasteiger charge is 2.34. The number of hydrogen-bond acceptors (Lipinski definition) is 4. The molecule has 3 aromatic rings. The summed E-state index contributed by atoms with van der Waals surface area (Å²) in [6.45, 7) is 10.3. The van der Waals surface area contributed by atoms with Crippen molar-refractivity contribution in [2.24, 2.45) is 0 Å². The van der Waals surface area contributed by atoms with E-state index in [1.807, 2.05) is 4.57 Å². The summed E-state index contributed by atoms with van der Waals surface area (Å²) in [6.07, 6.45) is 1.20. The fourth-order valence-electron chi connectivity index (χ4n) is 4.58. The highest BCUT2D eigenvalue weighted by molar-refractivity contribution is 5.95. The second-order valence-corrected chi connectivity index (χ2v) is 9.16. The van der Waals surface area contributed by atoms with Crippen LogP contribution in [0.25, 0.3) is 4.85 Å². The molecule has 4 rings (SSSR count). The zero-order valence-corrected chi connectivity index (χ0v) is 20.8. The van der Waals surface area contributed by atoms with Gasteiger partial charge in [0.05, 0.1) is 25.1 Å². The second-order valence-electron chi connectivity index (χ2n) is 9.16. The molecule has 7 nitrogen and oxygen atoms in total. The van der Waals surface area contributed by atoms with Crippen LogP contribution in [0.2, 0.25) is 0 Å². The number of halogens is 4. The van der Waals surface area contributed by atoms with Gasteiger partial charge >= 0.3 is 6.36 Å². The van der Waals surface area contributed by atoms with Gasteiger partial charge in [0.2, 0.25) is 11.6 Å². The lowest BCUT2D eigenvalue weighted by atomic mass is 10.0. The molecule has 1 aromatic heterocycles. The van der Waals surface area contributed by atoms with E-state index < -0.39 is 12.2 Å². The van der Waals surface area contributed by atoms with Crippen molar-refractivity contribution in [2.75, 3.05) is 18.0 Å². The summed E-state index contributed by atoms with van der Waals surface area (Å²) < 4.78 is 58.1. The number of imidazole rings is 1. The minimum atomic E-state index is -4.82. The average Bonchev–Trinajstić information content (AvgIpc) is 3.29. The van der Waals surface area contributed by atoms with Crippen LogP contribution < -0.4 is 9.64 Å². The van der Waals surface area contributed by atoms with E-state index in [9.17, 15) is 22.4 Å². The molecule has 11 heteroatoms. The second kappa shape index (κ2) is 11.6. The highest BCUT2D eigenvalue weighted by Crippen LogP contribution is 2.30. The van der Waals surface area contributed by atoms with Crippen LogP contribution >= 0.6 is 0 Å². The molecule has 0 bridgehead atoms. The summed E-state index contributed by atoms with van der Waals surface area (Å²) in [4.78, 5) is 24.1. The number of hydrogen-bond donors (Lipinski definition) is 0. The number of benzene rings is 2. The molecular weight excluding hydrogens is 502 g/mol. The van der Waals surface area contributed by atoms with Gasteiger partial charge in [0, 0.05) is 43.6 Å². The van der Waals surface area contributed by atoms with E-state index in [4.69, 9.17) is 6.57 Å². The monoisotopic (exact) mass is 529 g/mol. The van der Waals surface area contributed by atoms with Gasteiger partial charge in [0.15, 0.2) is 0 Å². The number of unbranched alkanes of at least 4 members (excludes halogenated alkanes) is 1. The van der Waals surface area contributed by atoms with Gasteiger partial charge in [-0.05, 0) is 30.2 Å². The number of carbonyl (C=O) groups is 1. The Bertz CT molecular complexity index is 1320. The van der Waals surface area contributed by atoms with E-state index in [-0.39, 0.29) is 29.9 Å². The summed E-state index contributed by atoms with van der Waals surface area (Å²) in [5, 5.41) is 0. The Kier molecular flexibility index (Phi) is 8.32. The van der Waals surface area contributed by atoms with Crippen LogP contribution in [-0.4, -0.2) is 45.9 Å². The Hall–Kier alpha value is -3.91. The molecule has 1 aliphatic rings. The molecule has 0 spiro atoms. The average molecular weight is 530 g/mol. The summed E-state index contributed by atoms with van der Waals surface area (Å²) in [5.74, 6) is -1.19. The molecule has 1 saturated heterocycles. The number of nitrogens with zero attached hydrogens (tertiary/aromatic N) is 5. The maximum atomic E-state index is 14.1. The standard InChI is InChI=1S/C27H27F4N5O2/c1-3-4-6-21-16-36(20-7-5-8-23(12-20)38-27(29,30)31)26(37)17-34(21)15-22-13-33-18-35(22)14-19-9-10-25(32-2)24(28)11-19/h5,7-13,18,21H,3-4,6,14-17H2,1H3/t21-/m0/s1. The van der Waals surface area contributed by atoms with E-state index in [0.29, 0.717) is 30.9 Å². The van der Waals surface area contributed by atoms with Gasteiger partial charge in [-0.25, -0.2) is 14.2 Å². The van der Waals surface area contributed by atoms with E-state index in [1.165, 1.54) is 35.2 Å². The third-order valence-corrected chi connectivity index (χ3v) is 6.45. The van der Waals surface area contributed by atoms with Crippen molar-refractivity contribution in [1.82, 2.24) is 14.5 Å². The minimum Gasteiger partial charge on any atom is -0.406 e. The predicted octanol–water partition coefficient (Wildman–Crippen LogP) is 5.93. The number of ether oxygens (including phenoxy) is 1. The first-order valence-electron chi connectivity index (χ1n) is 12.2. The normalized spacial score (nSPS) is 16.5. The molecular formula is C27H27F4N5O2. The van der Waals surface area contributed by atoms with Crippen molar-refractivity contribution in [2.45, 2.75) is 51.7 Å². The Morgan fingerprint density at radius 1 is 1.18 bits per heavy atom. The SMILES string of the molecule is [C-]#[N+]c1ccc(Cn2cncc2CN2CC(=O)N(c3cccc(OC(F)(F)F)c3)C[C@@H]2CCCC)cc1F. The Labute approximate surface area is 218 Å². The van der Waals surface area contributed by atoms with Crippen molar-refractivity contribution >= 4 is 17.3 Å². The molecule has 0 saturated carbocycles. The lowest BCUT2D eigenvalue weighted by Gasteiger charge is -2.41. The third kappa shape index (κ3) is 6.69. The summed E-state index contributed by atoms with van der Waals surface area (Å²) in [6, 6.07) is 9.91. The Balaban J connectivity index is 1.51. The molecule has 1 fully saturated rings. The number of amides is 1. The van der Waals surface area contributed by atoms with Crippen LogP contribution in [0, 0.1) is 12.4 Å². The van der Waals surface area contributed by atoms with E-state index in [2.05, 4.69) is 26.4 Å². The molecule has 0 radical (unpaired) electrons. The maximum absolute atomic E-state index is 14.1. The van der Waals surface area contributed by atoms with Gasteiger partial charge < -0.3 is 14.2 Å². The number of rotatable bonds is 9. The Morgan fingerprint density at radius 3 is 2.71 bits per heavy atom. The molecule has 0 unspecified atom stereocenters. The molecule has 0 N–H and O–H groups in total. The van der Waals surface area contributed by atoms with Crippen molar-refractivity contribution in [3.63, 3.8) is 0 Å². The zero-order valence-electron chi connectivity index (χ0n) is 20.8. The lowest BCUT2D eigenvalue weighted by Crippen LogP contribution is -2.56. The van der Waals surface area contributed by atoms with Gasteiger partial charge in [-0.15, -0.1) is 13.2 Å². The number of anilines is 1. The van der Waals surface area contributed by atoms with Crippen molar-refractivity contribution in [3.05, 3.63) is 83.5 Å². The van der Waals surface area contributed by atoms with Gasteiger partial charge in [-0.1, -0.05) is 38.0 Å². The summed E-state index contributed by atoms with van der Waals surface area (Å²) in [7, 11) is 0. The summed E-state index contributed by atoms with van der Waals surface area (Å²) in [5.41, 5.74) is 1.83. The van der Waals surface area contributed by atoms with E-state index in [1.54, 1.807) is 24.7 Å². The van der Waals surface area contributed by atoms with Crippen LogP contribution in [0.15, 0.2) is 55.0 Å². The molecule has 1 amide bonds. The van der Waals surface area contributed by atoms with Crippen LogP contribution in [-0.2, 0) is 17.9 Å². The van der Waals surface area contributed by atoms with Gasteiger partial charge in [-0.2, -0.15) is 0 Å². The van der Waals surface area contributed by atoms with Crippen molar-refractivity contribution in [1.29, 1.82) is 0 Å². The van der Waals surface area contributed by atoms with Crippen LogP contribution in [0.5, 0.6) is 5.75 Å². The molecule has 1 atom stereocenters. The molecule has 2 heterocycles. The number of carbonyl (C=O) groups excluding carboxylic acids is 1. The minimum absolute atomic E-state index is 0.0291.